The van der Waals surface area contributed by atoms with E-state index >= 15 is 0 Å². The zero-order chi connectivity index (χ0) is 21.5. The van der Waals surface area contributed by atoms with E-state index in [0.29, 0.717) is 29.7 Å². The van der Waals surface area contributed by atoms with Gasteiger partial charge in [-0.15, -0.1) is 0 Å². The van der Waals surface area contributed by atoms with E-state index in [0.717, 1.165) is 38.6 Å². The van der Waals surface area contributed by atoms with Gasteiger partial charge in [-0.1, -0.05) is 6.92 Å². The van der Waals surface area contributed by atoms with Gasteiger partial charge < -0.3 is 15.5 Å². The van der Waals surface area contributed by atoms with E-state index in [1.54, 1.807) is 0 Å². The standard InChI is InChI=1S/C18H34F3N5O2S/c1-3-22-17(23-8-13-25-9-4-15(2)5-10-25)24-14-16-6-11-26(12-7-16)29(27,28)18(19,20)21/h15-16H,3-14H2,1-2H3,(H2,22,23,24). The van der Waals surface area contributed by atoms with E-state index in [1.807, 2.05) is 6.92 Å². The number of rotatable bonds is 7. The van der Waals surface area contributed by atoms with Gasteiger partial charge in [0.2, 0.25) is 0 Å². The van der Waals surface area contributed by atoms with E-state index in [4.69, 9.17) is 0 Å². The van der Waals surface area contributed by atoms with Crippen molar-refractivity contribution in [3.8, 4) is 0 Å². The summed E-state index contributed by atoms with van der Waals surface area (Å²) in [6.45, 7) is 9.20. The number of likely N-dealkylation sites (tertiary alicyclic amines) is 1. The summed E-state index contributed by atoms with van der Waals surface area (Å²) in [5.41, 5.74) is -5.23. The van der Waals surface area contributed by atoms with Crippen molar-refractivity contribution in [2.75, 3.05) is 52.4 Å². The van der Waals surface area contributed by atoms with E-state index in [1.165, 1.54) is 12.8 Å². The minimum Gasteiger partial charge on any atom is -0.357 e. The molecule has 2 saturated heterocycles. The first kappa shape index (κ1) is 24.2. The molecule has 0 aliphatic carbocycles. The lowest BCUT2D eigenvalue weighted by atomic mass is 9.98. The number of piperidine rings is 2. The predicted molar refractivity (Wildman–Crippen MR) is 108 cm³/mol. The number of sulfonamides is 1. The van der Waals surface area contributed by atoms with Gasteiger partial charge in [-0.3, -0.25) is 4.99 Å². The molecule has 0 spiro atoms. The second-order valence-electron chi connectivity index (χ2n) is 7.96. The Labute approximate surface area is 172 Å². The largest absolute Gasteiger partial charge is 0.511 e. The molecule has 29 heavy (non-hydrogen) atoms. The summed E-state index contributed by atoms with van der Waals surface area (Å²) < 4.78 is 61.5. The monoisotopic (exact) mass is 441 g/mol. The molecule has 0 bridgehead atoms. The van der Waals surface area contributed by atoms with E-state index in [-0.39, 0.29) is 19.0 Å². The summed E-state index contributed by atoms with van der Waals surface area (Å²) in [5.74, 6) is 1.58. The van der Waals surface area contributed by atoms with Crippen LogP contribution < -0.4 is 10.6 Å². The zero-order valence-electron chi connectivity index (χ0n) is 17.3. The highest BCUT2D eigenvalue weighted by molar-refractivity contribution is 7.90. The van der Waals surface area contributed by atoms with Crippen LogP contribution in [0.2, 0.25) is 0 Å². The van der Waals surface area contributed by atoms with Crippen molar-refractivity contribution in [2.24, 2.45) is 16.8 Å². The molecule has 11 heteroatoms. The highest BCUT2D eigenvalue weighted by Crippen LogP contribution is 2.30. The van der Waals surface area contributed by atoms with Gasteiger partial charge in [0, 0.05) is 39.3 Å². The van der Waals surface area contributed by atoms with E-state index < -0.39 is 15.5 Å². The van der Waals surface area contributed by atoms with Crippen LogP contribution >= 0.6 is 0 Å². The quantitative estimate of drug-likeness (QED) is 0.466. The molecule has 170 valence electrons. The second-order valence-corrected chi connectivity index (χ2v) is 9.89. The van der Waals surface area contributed by atoms with E-state index in [2.05, 4.69) is 27.4 Å². The SMILES string of the molecule is CCNC(=NCC1CCN(S(=O)(=O)C(F)(F)F)CC1)NCCN1CCC(C)CC1. The Morgan fingerprint density at radius 3 is 2.24 bits per heavy atom. The molecule has 2 aliphatic rings. The van der Waals surface area contributed by atoms with Crippen molar-refractivity contribution in [3.63, 3.8) is 0 Å². The highest BCUT2D eigenvalue weighted by atomic mass is 32.2. The number of alkyl halides is 3. The van der Waals surface area contributed by atoms with Gasteiger partial charge in [0.05, 0.1) is 0 Å². The minimum absolute atomic E-state index is 0.0775. The fourth-order valence-electron chi connectivity index (χ4n) is 3.66. The number of nitrogens with one attached hydrogen (secondary N) is 2. The maximum Gasteiger partial charge on any atom is 0.511 e. The number of nitrogens with zero attached hydrogens (tertiary/aromatic N) is 3. The molecular formula is C18H34F3N5O2S. The van der Waals surface area contributed by atoms with Crippen LogP contribution in [0.3, 0.4) is 0 Å². The van der Waals surface area contributed by atoms with Gasteiger partial charge in [0.1, 0.15) is 0 Å². The first-order chi connectivity index (χ1) is 13.6. The molecule has 2 fully saturated rings. The molecular weight excluding hydrogens is 407 g/mol. The van der Waals surface area contributed by atoms with Crippen molar-refractivity contribution in [1.82, 2.24) is 19.8 Å². The Balaban J connectivity index is 1.76. The molecule has 2 aliphatic heterocycles. The van der Waals surface area contributed by atoms with Gasteiger partial charge in [-0.2, -0.15) is 17.5 Å². The second kappa shape index (κ2) is 10.8. The summed E-state index contributed by atoms with van der Waals surface area (Å²) in [5, 5.41) is 6.50. The van der Waals surface area contributed by atoms with Gasteiger partial charge in [0.25, 0.3) is 0 Å². The van der Waals surface area contributed by atoms with Crippen LogP contribution in [0.25, 0.3) is 0 Å². The molecule has 0 atom stereocenters. The third kappa shape index (κ3) is 7.29. The summed E-state index contributed by atoms with van der Waals surface area (Å²) in [7, 11) is -5.22. The Bertz CT molecular complexity index is 626. The van der Waals surface area contributed by atoms with Gasteiger partial charge in [0.15, 0.2) is 5.96 Å². The molecule has 0 aromatic rings. The molecule has 7 nitrogen and oxygen atoms in total. The highest BCUT2D eigenvalue weighted by Gasteiger charge is 2.50. The van der Waals surface area contributed by atoms with Gasteiger partial charge in [-0.05, 0) is 57.5 Å². The first-order valence-corrected chi connectivity index (χ1v) is 11.9. The lowest BCUT2D eigenvalue weighted by molar-refractivity contribution is -0.0496. The third-order valence-electron chi connectivity index (χ3n) is 5.65. The smallest absolute Gasteiger partial charge is 0.357 e. The van der Waals surface area contributed by atoms with Crippen LogP contribution in [0.5, 0.6) is 0 Å². The molecule has 0 aromatic heterocycles. The maximum absolute atomic E-state index is 12.7. The van der Waals surface area contributed by atoms with Crippen LogP contribution in [-0.2, 0) is 10.0 Å². The Morgan fingerprint density at radius 2 is 1.69 bits per heavy atom. The molecule has 2 heterocycles. The van der Waals surface area contributed by atoms with Crippen molar-refractivity contribution in [3.05, 3.63) is 0 Å². The molecule has 0 aromatic carbocycles. The van der Waals surface area contributed by atoms with Crippen LogP contribution in [0.15, 0.2) is 4.99 Å². The van der Waals surface area contributed by atoms with Crippen molar-refractivity contribution < 1.29 is 21.6 Å². The fraction of sp³-hybridized carbons (Fsp3) is 0.944. The molecule has 2 rings (SSSR count). The normalized spacial score (nSPS) is 22.0. The Morgan fingerprint density at radius 1 is 1.07 bits per heavy atom. The summed E-state index contributed by atoms with van der Waals surface area (Å²) in [6, 6.07) is 0. The van der Waals surface area contributed by atoms with Crippen LogP contribution in [0, 0.1) is 11.8 Å². The molecule has 0 amide bonds. The lowest BCUT2D eigenvalue weighted by Gasteiger charge is -2.31. The number of hydrogen-bond acceptors (Lipinski definition) is 4. The number of halogens is 3. The Hall–Kier alpha value is -1.07. The van der Waals surface area contributed by atoms with Gasteiger partial charge in [-0.25, -0.2) is 8.42 Å². The molecule has 0 radical (unpaired) electrons. The van der Waals surface area contributed by atoms with Gasteiger partial charge >= 0.3 is 15.5 Å². The topological polar surface area (TPSA) is 77.0 Å². The Kier molecular flexibility index (Phi) is 9.02. The average molecular weight is 442 g/mol. The number of aliphatic imine (C=N–C) groups is 1. The maximum atomic E-state index is 12.7. The zero-order valence-corrected chi connectivity index (χ0v) is 18.2. The van der Waals surface area contributed by atoms with Crippen molar-refractivity contribution in [2.45, 2.75) is 45.0 Å². The molecule has 0 saturated carbocycles. The van der Waals surface area contributed by atoms with Crippen molar-refractivity contribution in [1.29, 1.82) is 0 Å². The summed E-state index contributed by atoms with van der Waals surface area (Å²) in [6.07, 6.45) is 3.22. The number of guanidine groups is 1. The molecule has 2 N–H and O–H groups in total. The third-order valence-corrected chi connectivity index (χ3v) is 7.28. The van der Waals surface area contributed by atoms with Crippen molar-refractivity contribution >= 4 is 16.0 Å². The van der Waals surface area contributed by atoms with Crippen LogP contribution in [0.4, 0.5) is 13.2 Å². The lowest BCUT2D eigenvalue weighted by Crippen LogP contribution is -2.45. The van der Waals surface area contributed by atoms with E-state index in [9.17, 15) is 21.6 Å². The summed E-state index contributed by atoms with van der Waals surface area (Å²) in [4.78, 5) is 6.99. The van der Waals surface area contributed by atoms with Crippen LogP contribution in [-0.4, -0.2) is 81.4 Å². The molecule has 0 unspecified atom stereocenters. The minimum atomic E-state index is -5.23. The number of hydrogen-bond donors (Lipinski definition) is 2. The average Bonchev–Trinajstić information content (AvgIpc) is 2.67. The van der Waals surface area contributed by atoms with Crippen LogP contribution in [0.1, 0.15) is 39.5 Å². The summed E-state index contributed by atoms with van der Waals surface area (Å²) >= 11 is 0. The fourth-order valence-corrected chi connectivity index (χ4v) is 4.64. The first-order valence-electron chi connectivity index (χ1n) is 10.4. The predicted octanol–water partition coefficient (Wildman–Crippen LogP) is 1.84.